The standard InChI is InChI=1S/C18H33NO4/c1-2-3-4-5-6-7-8-9-10-11-12-13-14-15-16-17(18(20)21)19(22)23/h7-8,17H,2-6,9-16H2,1H3,(H,20,21). The second kappa shape index (κ2) is 15.5. The van der Waals surface area contributed by atoms with Crippen molar-refractivity contribution in [1.82, 2.24) is 0 Å². The van der Waals surface area contributed by atoms with Crippen LogP contribution in [0.5, 0.6) is 0 Å². The number of carbonyl (C=O) groups is 1. The van der Waals surface area contributed by atoms with E-state index in [1.165, 1.54) is 44.9 Å². The number of unbranched alkanes of at least 4 members (excludes halogenated alkanes) is 10. The molecule has 23 heavy (non-hydrogen) atoms. The van der Waals surface area contributed by atoms with Crippen molar-refractivity contribution in [2.45, 2.75) is 96.4 Å². The lowest BCUT2D eigenvalue weighted by Crippen LogP contribution is -2.28. The van der Waals surface area contributed by atoms with Crippen LogP contribution in [0.25, 0.3) is 0 Å². The van der Waals surface area contributed by atoms with Gasteiger partial charge in [-0.1, -0.05) is 64.0 Å². The fourth-order valence-corrected chi connectivity index (χ4v) is 2.55. The van der Waals surface area contributed by atoms with Gasteiger partial charge in [0.15, 0.2) is 0 Å². The lowest BCUT2D eigenvalue weighted by Gasteiger charge is -2.04. The molecule has 1 atom stereocenters. The Bertz CT molecular complexity index is 328. The third kappa shape index (κ3) is 14.0. The largest absolute Gasteiger partial charge is 0.476 e. The molecule has 0 fully saturated rings. The van der Waals surface area contributed by atoms with Gasteiger partial charge in [-0.2, -0.15) is 0 Å². The lowest BCUT2D eigenvalue weighted by atomic mass is 10.1. The van der Waals surface area contributed by atoms with Crippen molar-refractivity contribution in [3.05, 3.63) is 22.3 Å². The van der Waals surface area contributed by atoms with Crippen molar-refractivity contribution in [3.8, 4) is 0 Å². The second-order valence-electron chi connectivity index (χ2n) is 6.16. The predicted molar refractivity (Wildman–Crippen MR) is 93.3 cm³/mol. The van der Waals surface area contributed by atoms with Crippen LogP contribution in [-0.2, 0) is 4.79 Å². The van der Waals surface area contributed by atoms with Gasteiger partial charge in [0.25, 0.3) is 0 Å². The fourth-order valence-electron chi connectivity index (χ4n) is 2.55. The number of aliphatic carboxylic acids is 1. The van der Waals surface area contributed by atoms with E-state index in [-0.39, 0.29) is 6.42 Å². The van der Waals surface area contributed by atoms with E-state index in [0.29, 0.717) is 6.42 Å². The van der Waals surface area contributed by atoms with E-state index in [1.807, 2.05) is 0 Å². The van der Waals surface area contributed by atoms with Crippen LogP contribution in [0.2, 0.25) is 0 Å². The number of hydrogen-bond donors (Lipinski definition) is 1. The van der Waals surface area contributed by atoms with Crippen molar-refractivity contribution in [1.29, 1.82) is 0 Å². The smallest absolute Gasteiger partial charge is 0.379 e. The number of carboxylic acids is 1. The van der Waals surface area contributed by atoms with Gasteiger partial charge in [-0.3, -0.25) is 10.1 Å². The van der Waals surface area contributed by atoms with Gasteiger partial charge in [-0.25, -0.2) is 4.79 Å². The van der Waals surface area contributed by atoms with Gasteiger partial charge < -0.3 is 5.11 Å². The SMILES string of the molecule is CCCCCCC=CCCCCCCCCC(C(=O)O)[N+](=O)[O-]. The van der Waals surface area contributed by atoms with Crippen molar-refractivity contribution in [2.75, 3.05) is 0 Å². The Balaban J connectivity index is 3.35. The quantitative estimate of drug-likeness (QED) is 0.179. The maximum Gasteiger partial charge on any atom is 0.379 e. The third-order valence-electron chi connectivity index (χ3n) is 4.03. The summed E-state index contributed by atoms with van der Waals surface area (Å²) in [4.78, 5) is 20.5. The molecule has 0 rings (SSSR count). The molecule has 0 saturated carbocycles. The summed E-state index contributed by atoms with van der Waals surface area (Å²) >= 11 is 0. The summed E-state index contributed by atoms with van der Waals surface area (Å²) < 4.78 is 0. The van der Waals surface area contributed by atoms with E-state index in [0.717, 1.165) is 25.7 Å². The third-order valence-corrected chi connectivity index (χ3v) is 4.03. The second-order valence-corrected chi connectivity index (χ2v) is 6.16. The highest BCUT2D eigenvalue weighted by Crippen LogP contribution is 2.12. The van der Waals surface area contributed by atoms with E-state index < -0.39 is 16.9 Å². The number of rotatable bonds is 16. The van der Waals surface area contributed by atoms with Crippen LogP contribution in [0, 0.1) is 10.1 Å². The van der Waals surface area contributed by atoms with E-state index in [4.69, 9.17) is 5.11 Å². The minimum atomic E-state index is -1.43. The molecule has 0 aliphatic carbocycles. The zero-order valence-corrected chi connectivity index (χ0v) is 14.5. The van der Waals surface area contributed by atoms with E-state index in [9.17, 15) is 14.9 Å². The maximum absolute atomic E-state index is 10.7. The van der Waals surface area contributed by atoms with Crippen LogP contribution in [-0.4, -0.2) is 22.0 Å². The predicted octanol–water partition coefficient (Wildman–Crippen LogP) is 5.36. The number of carboxylic acid groups (broad SMARTS) is 1. The zero-order chi connectivity index (χ0) is 17.3. The maximum atomic E-state index is 10.7. The van der Waals surface area contributed by atoms with Gasteiger partial charge in [0.2, 0.25) is 0 Å². The summed E-state index contributed by atoms with van der Waals surface area (Å²) in [6.45, 7) is 2.22. The molecule has 0 spiro atoms. The monoisotopic (exact) mass is 327 g/mol. The summed E-state index contributed by atoms with van der Waals surface area (Å²) in [7, 11) is 0. The highest BCUT2D eigenvalue weighted by molar-refractivity contribution is 5.71. The van der Waals surface area contributed by atoms with Crippen LogP contribution in [0.3, 0.4) is 0 Å². The molecule has 0 amide bonds. The molecule has 0 aromatic carbocycles. The molecule has 0 aliphatic heterocycles. The Morgan fingerprint density at radius 2 is 1.43 bits per heavy atom. The highest BCUT2D eigenvalue weighted by Gasteiger charge is 2.27. The molecule has 5 nitrogen and oxygen atoms in total. The number of nitrogens with zero attached hydrogens (tertiary/aromatic N) is 1. The summed E-state index contributed by atoms with van der Waals surface area (Å²) in [6.07, 6.45) is 18.3. The summed E-state index contributed by atoms with van der Waals surface area (Å²) in [5.41, 5.74) is 0. The van der Waals surface area contributed by atoms with Gasteiger partial charge >= 0.3 is 12.0 Å². The average molecular weight is 327 g/mol. The summed E-state index contributed by atoms with van der Waals surface area (Å²) in [5, 5.41) is 19.2. The van der Waals surface area contributed by atoms with Crippen LogP contribution >= 0.6 is 0 Å². The van der Waals surface area contributed by atoms with Crippen molar-refractivity contribution in [2.24, 2.45) is 0 Å². The lowest BCUT2D eigenvalue weighted by molar-refractivity contribution is -0.511. The molecule has 0 radical (unpaired) electrons. The number of hydrogen-bond acceptors (Lipinski definition) is 3. The molecule has 0 bridgehead atoms. The average Bonchev–Trinajstić information content (AvgIpc) is 2.50. The topological polar surface area (TPSA) is 80.4 Å². The minimum absolute atomic E-state index is 0.142. The molecule has 0 aromatic heterocycles. The zero-order valence-electron chi connectivity index (χ0n) is 14.5. The Hall–Kier alpha value is -1.39. The van der Waals surface area contributed by atoms with Crippen molar-refractivity contribution >= 4 is 5.97 Å². The van der Waals surface area contributed by atoms with Gasteiger partial charge in [-0.15, -0.1) is 0 Å². The first-order valence-electron chi connectivity index (χ1n) is 9.10. The first-order chi connectivity index (χ1) is 11.1. The summed E-state index contributed by atoms with van der Waals surface area (Å²) in [5.74, 6) is -1.32. The molecule has 0 aromatic rings. The number of allylic oxidation sites excluding steroid dienone is 2. The summed E-state index contributed by atoms with van der Waals surface area (Å²) in [6, 6.07) is -1.43. The van der Waals surface area contributed by atoms with Crippen LogP contribution in [0.4, 0.5) is 0 Å². The molecular formula is C18H33NO4. The fraction of sp³-hybridized carbons (Fsp3) is 0.833. The first-order valence-corrected chi connectivity index (χ1v) is 9.10. The molecule has 1 N–H and O–H groups in total. The molecule has 1 unspecified atom stereocenters. The molecule has 0 aliphatic rings. The minimum Gasteiger partial charge on any atom is -0.476 e. The molecule has 0 heterocycles. The number of nitro groups is 1. The van der Waals surface area contributed by atoms with Crippen LogP contribution in [0.15, 0.2) is 12.2 Å². The van der Waals surface area contributed by atoms with E-state index >= 15 is 0 Å². The Labute approximate surface area is 140 Å². The normalized spacial score (nSPS) is 12.6. The molecular weight excluding hydrogens is 294 g/mol. The first kappa shape index (κ1) is 21.6. The van der Waals surface area contributed by atoms with Crippen LogP contribution < -0.4 is 0 Å². The Kier molecular flexibility index (Phi) is 14.6. The van der Waals surface area contributed by atoms with Gasteiger partial charge in [0, 0.05) is 11.3 Å². The van der Waals surface area contributed by atoms with Gasteiger partial charge in [0.1, 0.15) is 0 Å². The van der Waals surface area contributed by atoms with Crippen molar-refractivity contribution in [3.63, 3.8) is 0 Å². The molecule has 0 saturated heterocycles. The van der Waals surface area contributed by atoms with E-state index in [1.54, 1.807) is 0 Å². The van der Waals surface area contributed by atoms with Gasteiger partial charge in [-0.05, 0) is 32.1 Å². The highest BCUT2D eigenvalue weighted by atomic mass is 16.6. The Morgan fingerprint density at radius 3 is 1.91 bits per heavy atom. The van der Waals surface area contributed by atoms with Crippen LogP contribution in [0.1, 0.15) is 90.4 Å². The molecule has 5 heteroatoms. The van der Waals surface area contributed by atoms with Crippen molar-refractivity contribution < 1.29 is 14.8 Å². The van der Waals surface area contributed by atoms with Gasteiger partial charge in [0.05, 0.1) is 0 Å². The van der Waals surface area contributed by atoms with E-state index in [2.05, 4.69) is 19.1 Å². The Morgan fingerprint density at radius 1 is 0.957 bits per heavy atom. The molecule has 134 valence electrons.